The lowest BCUT2D eigenvalue weighted by Gasteiger charge is -1.99. The fourth-order valence-corrected chi connectivity index (χ4v) is 1.79. The molecule has 84 valence electrons. The van der Waals surface area contributed by atoms with Gasteiger partial charge in [-0.3, -0.25) is 0 Å². The summed E-state index contributed by atoms with van der Waals surface area (Å²) in [5, 5.41) is 0. The first-order valence-electron chi connectivity index (χ1n) is 5.30. The maximum atomic E-state index is 5.73. The minimum Gasteiger partial charge on any atom is -0.399 e. The van der Waals surface area contributed by atoms with Crippen LogP contribution < -0.4 is 5.73 Å². The number of fused-ring (bicyclic) bond motifs is 1. The predicted molar refractivity (Wildman–Crippen MR) is 65.3 cm³/mol. The van der Waals surface area contributed by atoms with Crippen LogP contribution in [0.3, 0.4) is 0 Å². The summed E-state index contributed by atoms with van der Waals surface area (Å²) in [6.07, 6.45) is 3.92. The summed E-state index contributed by atoms with van der Waals surface area (Å²) < 4.78 is 0. The number of imidazole rings is 1. The molecule has 0 spiro atoms. The van der Waals surface area contributed by atoms with Crippen LogP contribution in [0.25, 0.3) is 11.2 Å². The van der Waals surface area contributed by atoms with E-state index in [2.05, 4.69) is 19.9 Å². The molecule has 0 saturated heterocycles. The molecule has 5 heteroatoms. The quantitative estimate of drug-likeness (QED) is 0.648. The Labute approximate surface area is 97.7 Å². The first kappa shape index (κ1) is 9.77. The number of rotatable bonds is 2. The third-order valence-corrected chi connectivity index (χ3v) is 2.53. The summed E-state index contributed by atoms with van der Waals surface area (Å²) in [5.74, 6) is 0.867. The standard InChI is InChI=1S/C12H11N5/c13-9-3-1-2-8(4-9)5-11-16-10-6-14-7-15-12(10)17-11/h1-4,6-7H,5,13H2,(H,14,15,16,17). The van der Waals surface area contributed by atoms with Crippen LogP contribution in [0.2, 0.25) is 0 Å². The fourth-order valence-electron chi connectivity index (χ4n) is 1.79. The van der Waals surface area contributed by atoms with Crippen molar-refractivity contribution in [3.63, 3.8) is 0 Å². The van der Waals surface area contributed by atoms with Crippen LogP contribution in [-0.2, 0) is 6.42 Å². The van der Waals surface area contributed by atoms with E-state index in [0.29, 0.717) is 12.1 Å². The summed E-state index contributed by atoms with van der Waals surface area (Å²) in [6.45, 7) is 0. The molecule has 0 unspecified atom stereocenters. The van der Waals surface area contributed by atoms with E-state index in [1.807, 2.05) is 24.3 Å². The van der Waals surface area contributed by atoms with Gasteiger partial charge in [-0.25, -0.2) is 15.0 Å². The molecule has 0 aliphatic carbocycles. The van der Waals surface area contributed by atoms with Crippen molar-refractivity contribution >= 4 is 16.9 Å². The van der Waals surface area contributed by atoms with E-state index < -0.39 is 0 Å². The Kier molecular flexibility index (Phi) is 2.22. The van der Waals surface area contributed by atoms with E-state index in [1.54, 1.807) is 6.20 Å². The maximum Gasteiger partial charge on any atom is 0.180 e. The van der Waals surface area contributed by atoms with E-state index in [4.69, 9.17) is 5.73 Å². The van der Waals surface area contributed by atoms with Crippen molar-refractivity contribution < 1.29 is 0 Å². The summed E-state index contributed by atoms with van der Waals surface area (Å²) in [7, 11) is 0. The van der Waals surface area contributed by atoms with Crippen molar-refractivity contribution in [1.29, 1.82) is 0 Å². The number of nitrogen functional groups attached to an aromatic ring is 1. The second-order valence-electron chi connectivity index (χ2n) is 3.87. The first-order valence-corrected chi connectivity index (χ1v) is 5.30. The van der Waals surface area contributed by atoms with Gasteiger partial charge in [-0.1, -0.05) is 12.1 Å². The normalized spacial score (nSPS) is 10.8. The third-order valence-electron chi connectivity index (χ3n) is 2.53. The van der Waals surface area contributed by atoms with Gasteiger partial charge in [0.25, 0.3) is 0 Å². The lowest BCUT2D eigenvalue weighted by molar-refractivity contribution is 1.04. The Morgan fingerprint density at radius 3 is 3.06 bits per heavy atom. The Hall–Kier alpha value is -2.43. The SMILES string of the molecule is Nc1cccc(Cc2nc3ncncc3[nH]2)c1. The molecule has 0 fully saturated rings. The zero-order valence-electron chi connectivity index (χ0n) is 9.09. The van der Waals surface area contributed by atoms with Gasteiger partial charge in [0.05, 0.1) is 6.20 Å². The molecule has 3 rings (SSSR count). The molecule has 17 heavy (non-hydrogen) atoms. The number of nitrogens with one attached hydrogen (secondary N) is 1. The molecule has 0 atom stereocenters. The summed E-state index contributed by atoms with van der Waals surface area (Å²) in [5.41, 5.74) is 9.17. The molecule has 5 nitrogen and oxygen atoms in total. The number of aromatic amines is 1. The second-order valence-corrected chi connectivity index (χ2v) is 3.87. The number of hydrogen-bond acceptors (Lipinski definition) is 4. The van der Waals surface area contributed by atoms with E-state index in [-0.39, 0.29) is 0 Å². The molecule has 0 saturated carbocycles. The highest BCUT2D eigenvalue weighted by molar-refractivity contribution is 5.68. The summed E-state index contributed by atoms with van der Waals surface area (Å²) in [6, 6.07) is 7.77. The van der Waals surface area contributed by atoms with Gasteiger partial charge in [-0.05, 0) is 17.7 Å². The van der Waals surface area contributed by atoms with Gasteiger partial charge >= 0.3 is 0 Å². The van der Waals surface area contributed by atoms with Crippen LogP contribution in [0.15, 0.2) is 36.8 Å². The molecule has 3 aromatic rings. The Balaban J connectivity index is 1.94. The van der Waals surface area contributed by atoms with Crippen molar-refractivity contribution in [1.82, 2.24) is 19.9 Å². The Morgan fingerprint density at radius 2 is 2.24 bits per heavy atom. The smallest absolute Gasteiger partial charge is 0.180 e. The lowest BCUT2D eigenvalue weighted by atomic mass is 10.1. The van der Waals surface area contributed by atoms with Crippen molar-refractivity contribution in [3.05, 3.63) is 48.2 Å². The number of anilines is 1. The maximum absolute atomic E-state index is 5.73. The van der Waals surface area contributed by atoms with Crippen LogP contribution in [0, 0.1) is 0 Å². The van der Waals surface area contributed by atoms with Gasteiger partial charge in [0, 0.05) is 12.1 Å². The number of hydrogen-bond donors (Lipinski definition) is 2. The molecule has 2 aromatic heterocycles. The van der Waals surface area contributed by atoms with Gasteiger partial charge in [-0.15, -0.1) is 0 Å². The molecule has 1 aromatic carbocycles. The number of nitrogens with zero attached hydrogens (tertiary/aromatic N) is 3. The van der Waals surface area contributed by atoms with Crippen LogP contribution >= 0.6 is 0 Å². The third kappa shape index (κ3) is 1.94. The van der Waals surface area contributed by atoms with E-state index in [0.717, 1.165) is 22.6 Å². The molecule has 0 aliphatic rings. The first-order chi connectivity index (χ1) is 8.31. The fraction of sp³-hybridized carbons (Fsp3) is 0.0833. The largest absolute Gasteiger partial charge is 0.399 e. The van der Waals surface area contributed by atoms with E-state index in [1.165, 1.54) is 6.33 Å². The minimum absolute atomic E-state index is 0.693. The molecule has 2 heterocycles. The van der Waals surface area contributed by atoms with Crippen molar-refractivity contribution in [2.45, 2.75) is 6.42 Å². The number of benzene rings is 1. The predicted octanol–water partition coefficient (Wildman–Crippen LogP) is 1.53. The molecular weight excluding hydrogens is 214 g/mol. The average molecular weight is 225 g/mol. The molecule has 3 N–H and O–H groups in total. The zero-order chi connectivity index (χ0) is 11.7. The number of nitrogens with two attached hydrogens (primary N) is 1. The monoisotopic (exact) mass is 225 g/mol. The zero-order valence-corrected chi connectivity index (χ0v) is 9.09. The highest BCUT2D eigenvalue weighted by Crippen LogP contribution is 2.13. The van der Waals surface area contributed by atoms with Crippen LogP contribution in [-0.4, -0.2) is 19.9 Å². The molecule has 0 bridgehead atoms. The number of aromatic nitrogens is 4. The van der Waals surface area contributed by atoms with Gasteiger partial charge < -0.3 is 10.7 Å². The average Bonchev–Trinajstić information content (AvgIpc) is 2.71. The molecule has 0 radical (unpaired) electrons. The lowest BCUT2D eigenvalue weighted by Crippen LogP contribution is -1.92. The Bertz CT molecular complexity index is 626. The van der Waals surface area contributed by atoms with Gasteiger partial charge in [-0.2, -0.15) is 0 Å². The van der Waals surface area contributed by atoms with Gasteiger partial charge in [0.2, 0.25) is 0 Å². The highest BCUT2D eigenvalue weighted by atomic mass is 15.0. The summed E-state index contributed by atoms with van der Waals surface area (Å²) in [4.78, 5) is 15.6. The van der Waals surface area contributed by atoms with Crippen LogP contribution in [0.1, 0.15) is 11.4 Å². The minimum atomic E-state index is 0.693. The highest BCUT2D eigenvalue weighted by Gasteiger charge is 2.04. The van der Waals surface area contributed by atoms with Crippen LogP contribution in [0.4, 0.5) is 5.69 Å². The Morgan fingerprint density at radius 1 is 1.29 bits per heavy atom. The van der Waals surface area contributed by atoms with Crippen molar-refractivity contribution in [3.8, 4) is 0 Å². The second kappa shape index (κ2) is 3.86. The van der Waals surface area contributed by atoms with E-state index >= 15 is 0 Å². The summed E-state index contributed by atoms with van der Waals surface area (Å²) >= 11 is 0. The van der Waals surface area contributed by atoms with E-state index in [9.17, 15) is 0 Å². The molecular formula is C12H11N5. The topological polar surface area (TPSA) is 80.5 Å². The number of H-pyrrole nitrogens is 1. The molecule has 0 amide bonds. The van der Waals surface area contributed by atoms with Crippen molar-refractivity contribution in [2.75, 3.05) is 5.73 Å². The van der Waals surface area contributed by atoms with Crippen LogP contribution in [0.5, 0.6) is 0 Å². The molecule has 0 aliphatic heterocycles. The van der Waals surface area contributed by atoms with Crippen molar-refractivity contribution in [2.24, 2.45) is 0 Å². The van der Waals surface area contributed by atoms with Gasteiger partial charge in [0.15, 0.2) is 5.65 Å². The van der Waals surface area contributed by atoms with Gasteiger partial charge in [0.1, 0.15) is 17.7 Å².